The zero-order valence-corrected chi connectivity index (χ0v) is 29.3. The number of allylic oxidation sites excluding steroid dienone is 1. The molecule has 2 saturated carbocycles. The van der Waals surface area contributed by atoms with Crippen LogP contribution in [0.1, 0.15) is 100 Å². The van der Waals surface area contributed by atoms with Crippen molar-refractivity contribution in [2.45, 2.75) is 114 Å². The normalized spacial score (nSPS) is 25.8. The highest BCUT2D eigenvalue weighted by molar-refractivity contribution is 6.35. The number of anilines is 1. The van der Waals surface area contributed by atoms with Crippen molar-refractivity contribution < 1.29 is 33.0 Å². The molecule has 3 unspecified atom stereocenters. The molecule has 1 heterocycles. The lowest BCUT2D eigenvalue weighted by Gasteiger charge is -2.30. The van der Waals surface area contributed by atoms with E-state index in [-0.39, 0.29) is 70.7 Å². The van der Waals surface area contributed by atoms with Crippen LogP contribution in [0, 0.1) is 11.7 Å². The van der Waals surface area contributed by atoms with Crippen LogP contribution in [0.4, 0.5) is 10.1 Å². The summed E-state index contributed by atoms with van der Waals surface area (Å²) in [4.78, 5) is 40.9. The third-order valence-electron chi connectivity index (χ3n) is 10.8. The number of carbonyl (C=O) groups excluding carboxylic acids is 3. The summed E-state index contributed by atoms with van der Waals surface area (Å²) in [6, 6.07) is 10.2. The Balaban J connectivity index is 1.10. The number of carbonyl (C=O) groups is 3. The van der Waals surface area contributed by atoms with E-state index in [1.54, 1.807) is 4.90 Å². The highest BCUT2D eigenvalue weighted by atomic mass is 35.5. The third-order valence-corrected chi connectivity index (χ3v) is 11.1. The molecule has 3 aliphatic carbocycles. The molecule has 10 heteroatoms. The van der Waals surface area contributed by atoms with Crippen LogP contribution in [0.15, 0.2) is 42.5 Å². The Hall–Kier alpha value is -3.27. The second-order valence-electron chi connectivity index (χ2n) is 14.2. The number of methoxy groups -OCH3 is 1. The molecule has 6 rings (SSSR count). The van der Waals surface area contributed by atoms with E-state index >= 15 is 4.39 Å². The lowest BCUT2D eigenvalue weighted by molar-refractivity contribution is -0.148. The molecule has 0 bridgehead atoms. The van der Waals surface area contributed by atoms with Crippen LogP contribution in [0.2, 0.25) is 5.02 Å². The lowest BCUT2D eigenvalue weighted by Crippen LogP contribution is -2.41. The van der Waals surface area contributed by atoms with Gasteiger partial charge >= 0.3 is 5.97 Å². The highest BCUT2D eigenvalue weighted by Crippen LogP contribution is 2.36. The molecular formula is C39H48ClFN2O6. The maximum Gasteiger partial charge on any atom is 0.308 e. The minimum Gasteiger partial charge on any atom is -0.469 e. The van der Waals surface area contributed by atoms with Crippen molar-refractivity contribution in [2.75, 3.05) is 25.6 Å². The molecule has 8 nitrogen and oxygen atoms in total. The van der Waals surface area contributed by atoms with Gasteiger partial charge in [0.15, 0.2) is 0 Å². The average Bonchev–Trinajstić information content (AvgIpc) is 3.52. The smallest absolute Gasteiger partial charge is 0.308 e. The highest BCUT2D eigenvalue weighted by Gasteiger charge is 2.38. The fourth-order valence-electron chi connectivity index (χ4n) is 7.98. The number of esters is 1. The van der Waals surface area contributed by atoms with Gasteiger partial charge in [0.2, 0.25) is 5.91 Å². The predicted molar refractivity (Wildman–Crippen MR) is 187 cm³/mol. The van der Waals surface area contributed by atoms with Gasteiger partial charge in [0.1, 0.15) is 5.82 Å². The second kappa shape index (κ2) is 16.2. The van der Waals surface area contributed by atoms with Gasteiger partial charge < -0.3 is 24.4 Å². The molecule has 3 fully saturated rings. The molecule has 1 saturated heterocycles. The monoisotopic (exact) mass is 694 g/mol. The molecule has 4 aliphatic rings. The first-order valence-electron chi connectivity index (χ1n) is 17.9. The van der Waals surface area contributed by atoms with Crippen LogP contribution in [0.25, 0.3) is 5.57 Å². The molecule has 49 heavy (non-hydrogen) atoms. The minimum absolute atomic E-state index is 0.0106. The maximum absolute atomic E-state index is 15.6. The number of ether oxygens (including phenoxy) is 3. The van der Waals surface area contributed by atoms with E-state index in [9.17, 15) is 14.4 Å². The Bertz CT molecular complexity index is 1550. The number of nitrogens with one attached hydrogen (secondary N) is 1. The standard InChI is InChI=1S/C39H48ClFN2O6/c1-24-12-17-33(32-11-7-6-10-31(24)32)38(45)42-36-21-35(41)26(18-34(36)40)19-37(44)43-22-30(49-29-8-4-3-5-9-29)20-27(43)23-48-28-15-13-25(14-16-28)39(46)47-2/h6-7,10-11,17-18,21,24-25,27-30H,3-5,8-9,12-16,19-20,22-23H2,1-2H3,(H,42,45). The van der Waals surface area contributed by atoms with Crippen LogP contribution >= 0.6 is 11.6 Å². The Labute approximate surface area is 293 Å². The third kappa shape index (κ3) is 8.55. The Kier molecular flexibility index (Phi) is 11.7. The van der Waals surface area contributed by atoms with Crippen LogP contribution < -0.4 is 5.32 Å². The molecule has 0 radical (unpaired) electrons. The largest absolute Gasteiger partial charge is 0.469 e. The summed E-state index contributed by atoms with van der Waals surface area (Å²) in [6.07, 6.45) is 11.8. The van der Waals surface area contributed by atoms with Crippen molar-refractivity contribution >= 4 is 40.6 Å². The Morgan fingerprint density at radius 1 is 0.980 bits per heavy atom. The molecule has 1 aliphatic heterocycles. The van der Waals surface area contributed by atoms with E-state index in [0.717, 1.165) is 68.9 Å². The fourth-order valence-corrected chi connectivity index (χ4v) is 8.21. The van der Waals surface area contributed by atoms with Crippen molar-refractivity contribution in [3.8, 4) is 0 Å². The first kappa shape index (κ1) is 35.6. The molecule has 2 aromatic rings. The topological polar surface area (TPSA) is 94.2 Å². The summed E-state index contributed by atoms with van der Waals surface area (Å²) in [5, 5.41) is 2.96. The molecule has 2 amide bonds. The summed E-state index contributed by atoms with van der Waals surface area (Å²) >= 11 is 6.59. The predicted octanol–water partition coefficient (Wildman–Crippen LogP) is 7.62. The van der Waals surface area contributed by atoms with Crippen molar-refractivity contribution in [3.05, 3.63) is 70.0 Å². The molecule has 1 N–H and O–H groups in total. The van der Waals surface area contributed by atoms with Gasteiger partial charge in [-0.2, -0.15) is 0 Å². The van der Waals surface area contributed by atoms with Crippen molar-refractivity contribution in [2.24, 2.45) is 5.92 Å². The number of fused-ring (bicyclic) bond motifs is 1. The number of hydrogen-bond donors (Lipinski definition) is 1. The summed E-state index contributed by atoms with van der Waals surface area (Å²) in [7, 11) is 1.42. The number of halogens is 2. The van der Waals surface area contributed by atoms with Gasteiger partial charge in [0, 0.05) is 12.1 Å². The number of benzene rings is 2. The minimum atomic E-state index is -0.607. The molecule has 2 aromatic carbocycles. The molecule has 0 spiro atoms. The van der Waals surface area contributed by atoms with E-state index < -0.39 is 5.82 Å². The SMILES string of the molecule is COC(=O)C1CCC(OCC2CC(OC3CCCCC3)CN2C(=O)Cc2cc(Cl)c(NC(=O)C3=CCC(C)c4ccccc43)cc2F)CC1. The molecule has 264 valence electrons. The first-order valence-corrected chi connectivity index (χ1v) is 18.3. The van der Waals surface area contributed by atoms with E-state index in [2.05, 4.69) is 12.2 Å². The molecule has 0 aromatic heterocycles. The summed E-state index contributed by atoms with van der Waals surface area (Å²) < 4.78 is 33.3. The number of nitrogens with zero attached hydrogens (tertiary/aromatic N) is 1. The summed E-state index contributed by atoms with van der Waals surface area (Å²) in [5.41, 5.74) is 2.83. The van der Waals surface area contributed by atoms with Gasteiger partial charge in [0.05, 0.1) is 61.1 Å². The van der Waals surface area contributed by atoms with Crippen molar-refractivity contribution in [1.82, 2.24) is 4.90 Å². The van der Waals surface area contributed by atoms with E-state index in [4.69, 9.17) is 25.8 Å². The number of amides is 2. The van der Waals surface area contributed by atoms with Gasteiger partial charge in [0.25, 0.3) is 5.91 Å². The summed E-state index contributed by atoms with van der Waals surface area (Å²) in [5.74, 6) is -1.14. The van der Waals surface area contributed by atoms with E-state index in [0.29, 0.717) is 31.1 Å². The van der Waals surface area contributed by atoms with Gasteiger partial charge in [-0.1, -0.05) is 68.1 Å². The molecule has 3 atom stereocenters. The molecular weight excluding hydrogens is 647 g/mol. The van der Waals surface area contributed by atoms with E-state index in [1.807, 2.05) is 30.3 Å². The zero-order chi connectivity index (χ0) is 34.5. The average molecular weight is 695 g/mol. The van der Waals surface area contributed by atoms with E-state index in [1.165, 1.54) is 25.7 Å². The first-order chi connectivity index (χ1) is 23.7. The van der Waals surface area contributed by atoms with Crippen LogP contribution in [0.3, 0.4) is 0 Å². The van der Waals surface area contributed by atoms with Gasteiger partial charge in [-0.05, 0) is 86.1 Å². The Morgan fingerprint density at radius 3 is 2.49 bits per heavy atom. The van der Waals surface area contributed by atoms with Crippen molar-refractivity contribution in [1.29, 1.82) is 0 Å². The van der Waals surface area contributed by atoms with Crippen LogP contribution in [-0.4, -0.2) is 67.3 Å². The van der Waals surface area contributed by atoms with Gasteiger partial charge in [-0.15, -0.1) is 0 Å². The van der Waals surface area contributed by atoms with Crippen molar-refractivity contribution in [3.63, 3.8) is 0 Å². The number of rotatable bonds is 10. The van der Waals surface area contributed by atoms with Gasteiger partial charge in [-0.3, -0.25) is 14.4 Å². The number of hydrogen-bond acceptors (Lipinski definition) is 6. The zero-order valence-electron chi connectivity index (χ0n) is 28.6. The van der Waals surface area contributed by atoms with Crippen LogP contribution in [0.5, 0.6) is 0 Å². The number of likely N-dealkylation sites (tertiary alicyclic amines) is 1. The van der Waals surface area contributed by atoms with Crippen LogP contribution in [-0.2, 0) is 35.0 Å². The quantitative estimate of drug-likeness (QED) is 0.257. The second-order valence-corrected chi connectivity index (χ2v) is 14.6. The summed E-state index contributed by atoms with van der Waals surface area (Å²) in [6.45, 7) is 2.91. The maximum atomic E-state index is 15.6. The van der Waals surface area contributed by atoms with Gasteiger partial charge in [-0.25, -0.2) is 4.39 Å². The fraction of sp³-hybridized carbons (Fsp3) is 0.564. The Morgan fingerprint density at radius 2 is 1.73 bits per heavy atom. The lowest BCUT2D eigenvalue weighted by atomic mass is 9.84.